The summed E-state index contributed by atoms with van der Waals surface area (Å²) in [5.41, 5.74) is 0.901. The van der Waals surface area contributed by atoms with Gasteiger partial charge in [0.15, 0.2) is 5.82 Å². The van der Waals surface area contributed by atoms with Gasteiger partial charge in [0.05, 0.1) is 0 Å². The van der Waals surface area contributed by atoms with Crippen LogP contribution in [-0.2, 0) is 22.4 Å². The van der Waals surface area contributed by atoms with Crippen LogP contribution in [0.2, 0.25) is 0 Å². The summed E-state index contributed by atoms with van der Waals surface area (Å²) in [6.45, 7) is 2.51. The Kier molecular flexibility index (Phi) is 3.55. The number of nitrogens with one attached hydrogen (secondary N) is 1. The molecule has 1 amide bonds. The number of piperidine rings is 1. The highest BCUT2D eigenvalue weighted by atomic mass is 32.2. The number of fused-ring (bicyclic) bond motifs is 1. The molecule has 2 aliphatic heterocycles. The Labute approximate surface area is 121 Å². The number of amides is 1. The molecule has 1 fully saturated rings. The minimum Gasteiger partial charge on any atom is -0.611 e. The Morgan fingerprint density at radius 2 is 2.20 bits per heavy atom. The molecule has 1 aromatic heterocycles. The lowest BCUT2D eigenvalue weighted by atomic mass is 10.1. The van der Waals surface area contributed by atoms with E-state index in [9.17, 15) is 9.35 Å². The molecule has 108 valence electrons. The lowest BCUT2D eigenvalue weighted by Crippen LogP contribution is -2.43. The summed E-state index contributed by atoms with van der Waals surface area (Å²) < 4.78 is 12.1. The molecule has 2 aliphatic rings. The number of nitrogens with zero attached hydrogens (tertiary/aromatic N) is 3. The van der Waals surface area contributed by atoms with E-state index in [0.717, 1.165) is 23.4 Å². The maximum absolute atomic E-state index is 12.1. The van der Waals surface area contributed by atoms with Crippen LogP contribution in [0.4, 0.5) is 5.82 Å². The molecule has 0 spiro atoms. The standard InChI is InChI=1S/C13H18N4O2S/c1-8-14-10-5-6-20(19)12(10)13(15-8)16-9-3-4-11(18)17(2)7-9/h9H,3-7H2,1-2H3,(H,14,15,16)/t9-,20?/m1/s1. The van der Waals surface area contributed by atoms with Crippen LogP contribution in [0.15, 0.2) is 4.90 Å². The van der Waals surface area contributed by atoms with Crippen LogP contribution in [0.3, 0.4) is 0 Å². The van der Waals surface area contributed by atoms with E-state index >= 15 is 0 Å². The molecular formula is C13H18N4O2S. The molecule has 2 atom stereocenters. The first-order valence-corrected chi connectivity index (χ1v) is 8.13. The van der Waals surface area contributed by atoms with Gasteiger partial charge in [0.1, 0.15) is 17.3 Å². The van der Waals surface area contributed by atoms with Crippen LogP contribution in [-0.4, -0.2) is 50.7 Å². The fourth-order valence-corrected chi connectivity index (χ4v) is 4.06. The van der Waals surface area contributed by atoms with E-state index in [-0.39, 0.29) is 11.9 Å². The van der Waals surface area contributed by atoms with Gasteiger partial charge in [0.25, 0.3) is 0 Å². The van der Waals surface area contributed by atoms with E-state index in [4.69, 9.17) is 0 Å². The molecule has 1 unspecified atom stereocenters. The van der Waals surface area contributed by atoms with Gasteiger partial charge in [0, 0.05) is 32.5 Å². The minimum absolute atomic E-state index is 0.161. The molecule has 0 bridgehead atoms. The molecule has 20 heavy (non-hydrogen) atoms. The first-order valence-electron chi connectivity index (χ1n) is 6.81. The first-order chi connectivity index (χ1) is 9.54. The lowest BCUT2D eigenvalue weighted by molar-refractivity contribution is -0.132. The molecule has 1 aromatic rings. The molecular weight excluding hydrogens is 276 g/mol. The van der Waals surface area contributed by atoms with E-state index in [1.165, 1.54) is 0 Å². The number of anilines is 1. The number of carbonyl (C=O) groups is 1. The number of carbonyl (C=O) groups excluding carboxylic acids is 1. The highest BCUT2D eigenvalue weighted by Gasteiger charge is 2.33. The van der Waals surface area contributed by atoms with Gasteiger partial charge >= 0.3 is 0 Å². The Morgan fingerprint density at radius 3 is 2.95 bits per heavy atom. The second kappa shape index (κ2) is 5.21. The predicted octanol–water partition coefficient (Wildman–Crippen LogP) is 0.481. The quantitative estimate of drug-likeness (QED) is 0.802. The maximum Gasteiger partial charge on any atom is 0.222 e. The van der Waals surface area contributed by atoms with Gasteiger partial charge in [-0.3, -0.25) is 4.79 Å². The Morgan fingerprint density at radius 1 is 1.40 bits per heavy atom. The monoisotopic (exact) mass is 294 g/mol. The van der Waals surface area contributed by atoms with Crippen LogP contribution in [0.5, 0.6) is 0 Å². The first kappa shape index (κ1) is 13.6. The second-order valence-corrected chi connectivity index (χ2v) is 6.86. The van der Waals surface area contributed by atoms with Crippen LogP contribution >= 0.6 is 0 Å². The predicted molar refractivity (Wildman–Crippen MR) is 76.0 cm³/mol. The molecule has 0 aliphatic carbocycles. The van der Waals surface area contributed by atoms with Crippen LogP contribution in [0.25, 0.3) is 0 Å². The third-order valence-electron chi connectivity index (χ3n) is 3.77. The van der Waals surface area contributed by atoms with Crippen molar-refractivity contribution < 1.29 is 9.35 Å². The highest BCUT2D eigenvalue weighted by Crippen LogP contribution is 2.31. The zero-order valence-electron chi connectivity index (χ0n) is 11.7. The van der Waals surface area contributed by atoms with Gasteiger partial charge in [-0.2, -0.15) is 0 Å². The molecule has 0 aromatic carbocycles. The van der Waals surface area contributed by atoms with E-state index in [0.29, 0.717) is 30.4 Å². The van der Waals surface area contributed by atoms with Gasteiger partial charge in [-0.25, -0.2) is 9.97 Å². The SMILES string of the molecule is Cc1nc2c(c(N[C@@H]3CCC(=O)N(C)C3)n1)[S+]([O-])CC2. The number of likely N-dealkylation sites (tertiary alicyclic amines) is 1. The number of rotatable bonds is 2. The van der Waals surface area contributed by atoms with E-state index < -0.39 is 11.2 Å². The maximum atomic E-state index is 12.1. The fraction of sp³-hybridized carbons (Fsp3) is 0.615. The van der Waals surface area contributed by atoms with Crippen molar-refractivity contribution in [1.82, 2.24) is 14.9 Å². The number of hydrogen-bond donors (Lipinski definition) is 1. The van der Waals surface area contributed by atoms with Gasteiger partial charge in [-0.05, 0) is 24.5 Å². The summed E-state index contributed by atoms with van der Waals surface area (Å²) in [6, 6.07) is 0.161. The lowest BCUT2D eigenvalue weighted by Gasteiger charge is -2.30. The topological polar surface area (TPSA) is 81.2 Å². The average Bonchev–Trinajstić information content (AvgIpc) is 2.75. The van der Waals surface area contributed by atoms with Crippen LogP contribution < -0.4 is 5.32 Å². The number of aryl methyl sites for hydroxylation is 2. The Bertz CT molecular complexity index is 551. The molecule has 1 saturated heterocycles. The van der Waals surface area contributed by atoms with E-state index in [2.05, 4.69) is 15.3 Å². The number of likely N-dealkylation sites (N-methyl/N-ethyl adjacent to an activating group) is 1. The largest absolute Gasteiger partial charge is 0.611 e. The molecule has 3 rings (SSSR count). The molecule has 1 N–H and O–H groups in total. The van der Waals surface area contributed by atoms with E-state index in [1.807, 2.05) is 14.0 Å². The van der Waals surface area contributed by atoms with Crippen molar-refractivity contribution in [3.05, 3.63) is 11.5 Å². The Hall–Kier alpha value is -1.34. The third-order valence-corrected chi connectivity index (χ3v) is 5.23. The summed E-state index contributed by atoms with van der Waals surface area (Å²) >= 11 is -1.01. The zero-order valence-corrected chi connectivity index (χ0v) is 12.5. The third kappa shape index (κ3) is 2.47. The van der Waals surface area contributed by atoms with Crippen molar-refractivity contribution in [3.8, 4) is 0 Å². The number of aromatic nitrogens is 2. The number of hydrogen-bond acceptors (Lipinski definition) is 5. The second-order valence-electron chi connectivity index (χ2n) is 5.35. The minimum atomic E-state index is -1.01. The van der Waals surface area contributed by atoms with Crippen LogP contribution in [0, 0.1) is 6.92 Å². The zero-order chi connectivity index (χ0) is 14.3. The van der Waals surface area contributed by atoms with Crippen molar-refractivity contribution in [1.29, 1.82) is 0 Å². The normalized spacial score (nSPS) is 25.8. The smallest absolute Gasteiger partial charge is 0.222 e. The van der Waals surface area contributed by atoms with Crippen molar-refractivity contribution in [2.75, 3.05) is 24.7 Å². The van der Waals surface area contributed by atoms with Gasteiger partial charge in [-0.15, -0.1) is 0 Å². The molecule has 0 radical (unpaired) electrons. The van der Waals surface area contributed by atoms with Crippen molar-refractivity contribution in [2.24, 2.45) is 0 Å². The van der Waals surface area contributed by atoms with Gasteiger partial charge in [0.2, 0.25) is 10.8 Å². The molecule has 0 saturated carbocycles. The molecule has 3 heterocycles. The fourth-order valence-electron chi connectivity index (χ4n) is 2.74. The van der Waals surface area contributed by atoms with Crippen molar-refractivity contribution >= 4 is 22.9 Å². The Balaban J connectivity index is 1.83. The summed E-state index contributed by atoms with van der Waals surface area (Å²) in [6.07, 6.45) is 2.08. The van der Waals surface area contributed by atoms with Crippen LogP contribution in [0.1, 0.15) is 24.4 Å². The summed E-state index contributed by atoms with van der Waals surface area (Å²) in [5.74, 6) is 2.20. The molecule has 7 heteroatoms. The van der Waals surface area contributed by atoms with E-state index in [1.54, 1.807) is 4.90 Å². The van der Waals surface area contributed by atoms with Gasteiger partial charge < -0.3 is 14.8 Å². The molecule has 6 nitrogen and oxygen atoms in total. The summed E-state index contributed by atoms with van der Waals surface area (Å²) in [4.78, 5) is 22.8. The van der Waals surface area contributed by atoms with Gasteiger partial charge in [-0.1, -0.05) is 0 Å². The summed E-state index contributed by atoms with van der Waals surface area (Å²) in [5, 5.41) is 3.37. The van der Waals surface area contributed by atoms with Crippen molar-refractivity contribution in [2.45, 2.75) is 37.1 Å². The highest BCUT2D eigenvalue weighted by molar-refractivity contribution is 7.91. The average molecular weight is 294 g/mol. The van der Waals surface area contributed by atoms with Crippen molar-refractivity contribution in [3.63, 3.8) is 0 Å². The summed E-state index contributed by atoms with van der Waals surface area (Å²) in [7, 11) is 1.81.